The van der Waals surface area contributed by atoms with Crippen molar-refractivity contribution in [2.75, 3.05) is 37.2 Å². The number of piperidine rings is 1. The summed E-state index contributed by atoms with van der Waals surface area (Å²) in [6.07, 6.45) is 9.01. The third kappa shape index (κ3) is 6.01. The Bertz CT molecular complexity index is 1170. The van der Waals surface area contributed by atoms with Crippen LogP contribution in [-0.4, -0.2) is 62.5 Å². The summed E-state index contributed by atoms with van der Waals surface area (Å²) in [6.45, 7) is 2.73. The highest BCUT2D eigenvalue weighted by molar-refractivity contribution is 7.98. The average molecular weight is 516 g/mol. The molecule has 0 aromatic heterocycles. The Morgan fingerprint density at radius 2 is 1.31 bits per heavy atom. The lowest BCUT2D eigenvalue weighted by atomic mass is 10.1. The van der Waals surface area contributed by atoms with Gasteiger partial charge in [0.25, 0.3) is 21.8 Å². The summed E-state index contributed by atoms with van der Waals surface area (Å²) in [4.78, 5) is 30.8. The lowest BCUT2D eigenvalue weighted by molar-refractivity contribution is 0.0719. The molecule has 0 radical (unpaired) electrons. The summed E-state index contributed by atoms with van der Waals surface area (Å²) >= 11 is 1.42. The van der Waals surface area contributed by atoms with E-state index in [1.54, 1.807) is 35.2 Å². The molecule has 9 heteroatoms. The Morgan fingerprint density at radius 3 is 1.91 bits per heavy atom. The second-order valence-electron chi connectivity index (χ2n) is 9.07. The number of amides is 2. The zero-order valence-corrected chi connectivity index (χ0v) is 21.8. The number of rotatable bonds is 6. The number of sulfonamides is 1. The predicted molar refractivity (Wildman–Crippen MR) is 140 cm³/mol. The van der Waals surface area contributed by atoms with Crippen LogP contribution in [0.1, 0.15) is 65.7 Å². The number of benzene rings is 2. The molecule has 0 spiro atoms. The van der Waals surface area contributed by atoms with Gasteiger partial charge in [-0.2, -0.15) is 0 Å². The van der Waals surface area contributed by atoms with E-state index in [0.717, 1.165) is 49.8 Å². The highest BCUT2D eigenvalue weighted by Crippen LogP contribution is 2.28. The van der Waals surface area contributed by atoms with Crippen LogP contribution < -0.4 is 4.72 Å². The van der Waals surface area contributed by atoms with Gasteiger partial charge in [-0.3, -0.25) is 14.3 Å². The Hall–Kier alpha value is -2.52. The maximum atomic E-state index is 13.4. The first-order chi connectivity index (χ1) is 16.9. The van der Waals surface area contributed by atoms with E-state index in [-0.39, 0.29) is 22.4 Å². The molecule has 0 aliphatic carbocycles. The van der Waals surface area contributed by atoms with Crippen LogP contribution in [0, 0.1) is 0 Å². The van der Waals surface area contributed by atoms with Crippen molar-refractivity contribution in [3.05, 3.63) is 53.6 Å². The van der Waals surface area contributed by atoms with Crippen molar-refractivity contribution in [2.24, 2.45) is 0 Å². The molecule has 0 unspecified atom stereocenters. The first-order valence-electron chi connectivity index (χ1n) is 12.3. The molecule has 7 nitrogen and oxygen atoms in total. The summed E-state index contributed by atoms with van der Waals surface area (Å²) < 4.78 is 29.4. The second-order valence-corrected chi connectivity index (χ2v) is 11.6. The smallest absolute Gasteiger partial charge is 0.261 e. The third-order valence-electron chi connectivity index (χ3n) is 6.65. The molecule has 1 N–H and O–H groups in total. The molecule has 0 bridgehead atoms. The van der Waals surface area contributed by atoms with Gasteiger partial charge in [0.2, 0.25) is 0 Å². The van der Waals surface area contributed by atoms with Gasteiger partial charge in [-0.15, -0.1) is 11.8 Å². The van der Waals surface area contributed by atoms with Gasteiger partial charge in [-0.1, -0.05) is 25.0 Å². The fraction of sp³-hybridized carbons (Fsp3) is 0.462. The van der Waals surface area contributed by atoms with E-state index in [1.165, 1.54) is 23.9 Å². The number of carbonyl (C=O) groups is 2. The Kier molecular flexibility index (Phi) is 8.38. The van der Waals surface area contributed by atoms with Gasteiger partial charge in [0, 0.05) is 31.1 Å². The van der Waals surface area contributed by atoms with E-state index < -0.39 is 10.0 Å². The normalized spacial score (nSPS) is 17.1. The van der Waals surface area contributed by atoms with Gasteiger partial charge in [-0.05, 0) is 68.7 Å². The first kappa shape index (κ1) is 25.6. The van der Waals surface area contributed by atoms with Crippen LogP contribution in [0.25, 0.3) is 0 Å². The average Bonchev–Trinajstić information content (AvgIpc) is 3.18. The molecule has 188 valence electrons. The number of carbonyl (C=O) groups excluding carboxylic acids is 2. The molecule has 0 saturated carbocycles. The lowest BCUT2D eigenvalue weighted by Crippen LogP contribution is -2.36. The fourth-order valence-electron chi connectivity index (χ4n) is 4.70. The Balaban J connectivity index is 1.61. The molecule has 0 atom stereocenters. The van der Waals surface area contributed by atoms with E-state index in [2.05, 4.69) is 4.72 Å². The zero-order valence-electron chi connectivity index (χ0n) is 20.2. The third-order valence-corrected chi connectivity index (χ3v) is 8.81. The van der Waals surface area contributed by atoms with Crippen molar-refractivity contribution in [3.63, 3.8) is 0 Å². The van der Waals surface area contributed by atoms with Crippen molar-refractivity contribution >= 4 is 39.3 Å². The molecule has 2 heterocycles. The summed E-state index contributed by atoms with van der Waals surface area (Å²) in [5.41, 5.74) is 0.985. The summed E-state index contributed by atoms with van der Waals surface area (Å²) in [6, 6.07) is 11.4. The molecule has 35 heavy (non-hydrogen) atoms. The van der Waals surface area contributed by atoms with Crippen molar-refractivity contribution in [2.45, 2.75) is 54.7 Å². The quantitative estimate of drug-likeness (QED) is 0.556. The molecule has 2 amide bonds. The van der Waals surface area contributed by atoms with E-state index in [4.69, 9.17) is 0 Å². The van der Waals surface area contributed by atoms with Crippen molar-refractivity contribution < 1.29 is 18.0 Å². The number of anilines is 1. The molecule has 2 aromatic rings. The van der Waals surface area contributed by atoms with Crippen LogP contribution in [-0.2, 0) is 10.0 Å². The molecule has 2 aromatic carbocycles. The van der Waals surface area contributed by atoms with Crippen LogP contribution >= 0.6 is 11.8 Å². The second kappa shape index (κ2) is 11.5. The summed E-state index contributed by atoms with van der Waals surface area (Å²) in [5.74, 6) is -0.299. The first-order valence-corrected chi connectivity index (χ1v) is 15.0. The van der Waals surface area contributed by atoms with Gasteiger partial charge in [0.05, 0.1) is 21.7 Å². The highest BCUT2D eigenvalue weighted by atomic mass is 32.2. The molecule has 2 aliphatic heterocycles. The molecular weight excluding hydrogens is 482 g/mol. The van der Waals surface area contributed by atoms with E-state index in [9.17, 15) is 18.0 Å². The van der Waals surface area contributed by atoms with Crippen molar-refractivity contribution in [1.29, 1.82) is 0 Å². The standard InChI is InChI=1S/C26H33N3O4S2/c1-34-24-14-13-20(19-22(24)26(31)29-17-9-4-10-18-29)35(32,33)27-23-12-6-5-11-21(23)25(30)28-15-7-2-3-8-16-28/h5-6,11-14,19,27H,2-4,7-10,15-18H2,1H3. The van der Waals surface area contributed by atoms with Gasteiger partial charge < -0.3 is 9.80 Å². The van der Waals surface area contributed by atoms with Crippen molar-refractivity contribution in [1.82, 2.24) is 9.80 Å². The SMILES string of the molecule is CSc1ccc(S(=O)(=O)Nc2ccccc2C(=O)N2CCCCCC2)cc1C(=O)N1CCCCC1. The highest BCUT2D eigenvalue weighted by Gasteiger charge is 2.26. The van der Waals surface area contributed by atoms with Gasteiger partial charge in [-0.25, -0.2) is 8.42 Å². The lowest BCUT2D eigenvalue weighted by Gasteiger charge is -2.27. The molecular formula is C26H33N3O4S2. The molecule has 2 saturated heterocycles. The van der Waals surface area contributed by atoms with Crippen LogP contribution in [0.2, 0.25) is 0 Å². The Morgan fingerprint density at radius 1 is 0.771 bits per heavy atom. The summed E-state index contributed by atoms with van der Waals surface area (Å²) in [7, 11) is -4.02. The topological polar surface area (TPSA) is 86.8 Å². The van der Waals surface area contributed by atoms with Crippen LogP contribution in [0.3, 0.4) is 0 Å². The Labute approximate surface area is 212 Å². The van der Waals surface area contributed by atoms with Gasteiger partial charge in [0.15, 0.2) is 0 Å². The van der Waals surface area contributed by atoms with Gasteiger partial charge in [0.1, 0.15) is 0 Å². The number of nitrogens with one attached hydrogen (secondary N) is 1. The fourth-order valence-corrected chi connectivity index (χ4v) is 6.37. The largest absolute Gasteiger partial charge is 0.339 e. The van der Waals surface area contributed by atoms with Crippen LogP contribution in [0.5, 0.6) is 0 Å². The number of para-hydroxylation sites is 1. The van der Waals surface area contributed by atoms with E-state index in [1.807, 2.05) is 11.2 Å². The zero-order chi connectivity index (χ0) is 24.8. The predicted octanol–water partition coefficient (Wildman–Crippen LogP) is 4.85. The minimum absolute atomic E-state index is 0.00711. The number of hydrogen-bond donors (Lipinski definition) is 1. The number of nitrogens with zero attached hydrogens (tertiary/aromatic N) is 2. The molecule has 4 rings (SSSR count). The number of thioether (sulfide) groups is 1. The van der Waals surface area contributed by atoms with Gasteiger partial charge >= 0.3 is 0 Å². The minimum Gasteiger partial charge on any atom is -0.339 e. The van der Waals surface area contributed by atoms with E-state index in [0.29, 0.717) is 37.3 Å². The number of likely N-dealkylation sites (tertiary alicyclic amines) is 2. The monoisotopic (exact) mass is 515 g/mol. The maximum absolute atomic E-state index is 13.4. The minimum atomic E-state index is -4.02. The number of hydrogen-bond acceptors (Lipinski definition) is 5. The van der Waals surface area contributed by atoms with Crippen molar-refractivity contribution in [3.8, 4) is 0 Å². The van der Waals surface area contributed by atoms with Crippen LogP contribution in [0.15, 0.2) is 52.3 Å². The summed E-state index contributed by atoms with van der Waals surface area (Å²) in [5, 5.41) is 0. The maximum Gasteiger partial charge on any atom is 0.261 e. The van der Waals surface area contributed by atoms with Crippen LogP contribution in [0.4, 0.5) is 5.69 Å². The molecule has 2 aliphatic rings. The van der Waals surface area contributed by atoms with E-state index >= 15 is 0 Å². The molecule has 2 fully saturated rings.